The molecule has 0 radical (unpaired) electrons. The molecule has 3 aromatic carbocycles. The van der Waals surface area contributed by atoms with E-state index in [1.807, 2.05) is 55.5 Å². The third-order valence-electron chi connectivity index (χ3n) is 5.04. The maximum Gasteiger partial charge on any atom is 0.337 e. The Labute approximate surface area is 198 Å². The Morgan fingerprint density at radius 1 is 0.909 bits per heavy atom. The minimum absolute atomic E-state index is 0.275. The van der Waals surface area contributed by atoms with Crippen molar-refractivity contribution in [3.05, 3.63) is 95.6 Å². The molecule has 0 heterocycles. The summed E-state index contributed by atoms with van der Waals surface area (Å²) in [7, 11) is 1.30. The van der Waals surface area contributed by atoms with E-state index >= 15 is 0 Å². The van der Waals surface area contributed by atoms with Crippen molar-refractivity contribution in [1.29, 1.82) is 0 Å². The van der Waals surface area contributed by atoms with Gasteiger partial charge in [0, 0.05) is 17.8 Å². The topological polar surface area (TPSA) is 87.7 Å². The van der Waals surface area contributed by atoms with Crippen molar-refractivity contribution in [2.45, 2.75) is 19.4 Å². The number of nitrogens with zero attached hydrogens (tertiary/aromatic N) is 1. The number of para-hydroxylation sites is 1. The van der Waals surface area contributed by atoms with E-state index in [0.29, 0.717) is 16.9 Å². The van der Waals surface area contributed by atoms with Gasteiger partial charge in [0.05, 0.1) is 12.7 Å². The van der Waals surface area contributed by atoms with Crippen molar-refractivity contribution < 1.29 is 19.1 Å². The normalized spacial score (nSPS) is 11.2. The number of benzene rings is 3. The molecule has 0 saturated heterocycles. The molecule has 7 nitrogen and oxygen atoms in total. The Hall–Kier alpha value is -3.78. The maximum atomic E-state index is 13.2. The number of hydrogen-bond donors (Lipinski definition) is 3. The number of thiol groups is 1. The molecule has 8 heteroatoms. The Morgan fingerprint density at radius 3 is 2.18 bits per heavy atom. The monoisotopic (exact) mass is 463 g/mol. The van der Waals surface area contributed by atoms with E-state index in [0.717, 1.165) is 15.4 Å². The number of amides is 3. The molecule has 3 aromatic rings. The van der Waals surface area contributed by atoms with E-state index in [2.05, 4.69) is 28.2 Å². The zero-order valence-electron chi connectivity index (χ0n) is 18.3. The van der Waals surface area contributed by atoms with Crippen molar-refractivity contribution in [1.82, 2.24) is 4.31 Å². The predicted octanol–water partition coefficient (Wildman–Crippen LogP) is 4.71. The summed E-state index contributed by atoms with van der Waals surface area (Å²) in [6.07, 6.45) is 0.275. The Morgan fingerprint density at radius 2 is 1.55 bits per heavy atom. The minimum Gasteiger partial charge on any atom is -0.465 e. The van der Waals surface area contributed by atoms with Gasteiger partial charge in [-0.25, -0.2) is 9.59 Å². The second kappa shape index (κ2) is 11.2. The minimum atomic E-state index is -0.885. The molecule has 0 bridgehead atoms. The van der Waals surface area contributed by atoms with Gasteiger partial charge in [-0.1, -0.05) is 61.3 Å². The van der Waals surface area contributed by atoms with Gasteiger partial charge < -0.3 is 15.4 Å². The summed E-state index contributed by atoms with van der Waals surface area (Å²) in [5.41, 5.74) is 3.27. The van der Waals surface area contributed by atoms with Gasteiger partial charge in [0.15, 0.2) is 0 Å². The molecule has 1 atom stereocenters. The van der Waals surface area contributed by atoms with Crippen molar-refractivity contribution in [3.63, 3.8) is 0 Å². The van der Waals surface area contributed by atoms with Crippen LogP contribution in [0.25, 0.3) is 0 Å². The van der Waals surface area contributed by atoms with Crippen LogP contribution in [0.15, 0.2) is 78.9 Å². The molecule has 1 unspecified atom stereocenters. The van der Waals surface area contributed by atoms with Gasteiger partial charge in [-0.05, 0) is 48.4 Å². The number of aryl methyl sites for hydroxylation is 1. The first-order chi connectivity index (χ1) is 15.9. The van der Waals surface area contributed by atoms with Crippen LogP contribution in [0.3, 0.4) is 0 Å². The molecule has 170 valence electrons. The third-order valence-corrected chi connectivity index (χ3v) is 5.50. The summed E-state index contributed by atoms with van der Waals surface area (Å²) in [6, 6.07) is 21.6. The van der Waals surface area contributed by atoms with Gasteiger partial charge in [-0.15, -0.1) is 0 Å². The number of anilines is 2. The highest BCUT2D eigenvalue weighted by Crippen LogP contribution is 2.19. The lowest BCUT2D eigenvalue weighted by atomic mass is 10.0. The van der Waals surface area contributed by atoms with E-state index in [1.165, 1.54) is 19.2 Å². The molecule has 33 heavy (non-hydrogen) atoms. The first kappa shape index (κ1) is 23.9. The van der Waals surface area contributed by atoms with Crippen LogP contribution in [-0.2, 0) is 16.0 Å². The fourth-order valence-corrected chi connectivity index (χ4v) is 3.42. The lowest BCUT2D eigenvalue weighted by Gasteiger charge is -2.26. The number of esters is 1. The van der Waals surface area contributed by atoms with Gasteiger partial charge >= 0.3 is 12.0 Å². The largest absolute Gasteiger partial charge is 0.465 e. The molecule has 0 spiro atoms. The number of carbonyl (C=O) groups is 3. The number of rotatable bonds is 7. The molecular formula is C25H25N3O4S. The zero-order valence-corrected chi connectivity index (χ0v) is 19.2. The molecule has 0 aliphatic rings. The van der Waals surface area contributed by atoms with Crippen LogP contribution in [0.5, 0.6) is 0 Å². The SMILES string of the molecule is COC(=O)c1ccc(NC(=O)N(S)C(Cc2ccccc2)C(=O)Nc2ccccc2C)cc1. The fourth-order valence-electron chi connectivity index (χ4n) is 3.19. The second-order valence-electron chi connectivity index (χ2n) is 7.35. The highest BCUT2D eigenvalue weighted by molar-refractivity contribution is 7.78. The molecule has 0 fully saturated rings. The number of methoxy groups -OCH3 is 1. The van der Waals surface area contributed by atoms with Crippen LogP contribution in [0.4, 0.5) is 16.2 Å². The zero-order chi connectivity index (χ0) is 23.8. The van der Waals surface area contributed by atoms with Crippen molar-refractivity contribution in [2.75, 3.05) is 17.7 Å². The van der Waals surface area contributed by atoms with Gasteiger partial charge in [0.2, 0.25) is 5.91 Å². The van der Waals surface area contributed by atoms with E-state index in [-0.39, 0.29) is 12.3 Å². The van der Waals surface area contributed by atoms with Crippen molar-refractivity contribution in [3.8, 4) is 0 Å². The first-order valence-electron chi connectivity index (χ1n) is 10.3. The van der Waals surface area contributed by atoms with Crippen LogP contribution in [0.2, 0.25) is 0 Å². The molecule has 3 amide bonds. The Balaban J connectivity index is 1.78. The first-order valence-corrected chi connectivity index (χ1v) is 10.7. The smallest absolute Gasteiger partial charge is 0.337 e. The van der Waals surface area contributed by atoms with Crippen molar-refractivity contribution in [2.24, 2.45) is 0 Å². The summed E-state index contributed by atoms with van der Waals surface area (Å²) < 4.78 is 5.75. The van der Waals surface area contributed by atoms with Crippen LogP contribution < -0.4 is 10.6 Å². The summed E-state index contributed by atoms with van der Waals surface area (Å²) in [6.45, 7) is 1.89. The number of nitrogens with one attached hydrogen (secondary N) is 2. The molecule has 2 N–H and O–H groups in total. The number of ether oxygens (including phenoxy) is 1. The van der Waals surface area contributed by atoms with Gasteiger partial charge in [0.1, 0.15) is 6.04 Å². The molecule has 0 saturated carbocycles. The average molecular weight is 464 g/mol. The van der Waals surface area contributed by atoms with Gasteiger partial charge in [-0.3, -0.25) is 9.10 Å². The Bertz CT molecular complexity index is 1120. The van der Waals surface area contributed by atoms with Crippen LogP contribution in [-0.4, -0.2) is 35.4 Å². The molecular weight excluding hydrogens is 438 g/mol. The predicted molar refractivity (Wildman–Crippen MR) is 131 cm³/mol. The van der Waals surface area contributed by atoms with Gasteiger partial charge in [0.25, 0.3) is 0 Å². The quantitative estimate of drug-likeness (QED) is 0.350. The van der Waals surface area contributed by atoms with E-state index < -0.39 is 18.0 Å². The summed E-state index contributed by atoms with van der Waals surface area (Å²) >= 11 is 4.37. The number of hydrogen-bond acceptors (Lipinski definition) is 5. The summed E-state index contributed by atoms with van der Waals surface area (Å²) in [4.78, 5) is 37.7. The standard InChI is InChI=1S/C25H25N3O4S/c1-17-8-6-7-11-21(17)27-23(29)22(16-18-9-4-3-5-10-18)28(33)25(31)26-20-14-12-19(13-15-20)24(30)32-2/h3-15,22,33H,16H2,1-2H3,(H,26,31)(H,27,29). The highest BCUT2D eigenvalue weighted by Gasteiger charge is 2.29. The van der Waals surface area contributed by atoms with E-state index in [1.54, 1.807) is 18.2 Å². The molecule has 3 rings (SSSR count). The third kappa shape index (κ3) is 6.36. The second-order valence-corrected chi connectivity index (χ2v) is 7.78. The van der Waals surface area contributed by atoms with E-state index in [4.69, 9.17) is 0 Å². The van der Waals surface area contributed by atoms with Gasteiger partial charge in [-0.2, -0.15) is 0 Å². The highest BCUT2D eigenvalue weighted by atomic mass is 32.1. The lowest BCUT2D eigenvalue weighted by Crippen LogP contribution is -2.45. The van der Waals surface area contributed by atoms with Crippen LogP contribution >= 0.6 is 12.8 Å². The molecule has 0 aromatic heterocycles. The summed E-state index contributed by atoms with van der Waals surface area (Å²) in [5.74, 6) is -0.834. The number of urea groups is 1. The molecule has 0 aliphatic carbocycles. The summed E-state index contributed by atoms with van der Waals surface area (Å²) in [5, 5.41) is 5.60. The lowest BCUT2D eigenvalue weighted by molar-refractivity contribution is -0.119. The van der Waals surface area contributed by atoms with E-state index in [9.17, 15) is 14.4 Å². The maximum absolute atomic E-state index is 13.2. The fraction of sp³-hybridized carbons (Fsp3) is 0.160. The van der Waals surface area contributed by atoms with Crippen LogP contribution in [0.1, 0.15) is 21.5 Å². The Kier molecular flexibility index (Phi) is 8.10. The van der Waals surface area contributed by atoms with Crippen molar-refractivity contribution >= 4 is 42.1 Å². The number of carbonyl (C=O) groups excluding carboxylic acids is 3. The molecule has 0 aliphatic heterocycles. The van der Waals surface area contributed by atoms with Crippen LogP contribution in [0, 0.1) is 6.92 Å². The average Bonchev–Trinajstić information content (AvgIpc) is 2.84.